The zero-order chi connectivity index (χ0) is 17.6. The molecular weight excluding hydrogens is 352 g/mol. The summed E-state index contributed by atoms with van der Waals surface area (Å²) in [5, 5.41) is 0. The van der Waals surface area contributed by atoms with Crippen LogP contribution in [0, 0.1) is 0 Å². The van der Waals surface area contributed by atoms with Gasteiger partial charge in [-0.05, 0) is 0 Å². The third-order valence-corrected chi connectivity index (χ3v) is 13.0. The Morgan fingerprint density at radius 3 is 2.00 bits per heavy atom. The Balaban J connectivity index is 1.56. The van der Waals surface area contributed by atoms with Gasteiger partial charge < -0.3 is 0 Å². The topological polar surface area (TPSA) is 82.1 Å². The number of quaternary nitrogens is 2. The molecule has 3 saturated heterocycles. The predicted octanol–water partition coefficient (Wildman–Crippen LogP) is 0.0278. The van der Waals surface area contributed by atoms with Gasteiger partial charge in [-0.3, -0.25) is 0 Å². The molecule has 3 aliphatic rings. The summed E-state index contributed by atoms with van der Waals surface area (Å²) in [5.74, 6) is -0.176. The van der Waals surface area contributed by atoms with Crippen LogP contribution in [0.15, 0.2) is 0 Å². The molecule has 3 heterocycles. The molecule has 1 N–H and O–H groups in total. The maximum absolute atomic E-state index is 10.9. The molecule has 142 valence electrons. The van der Waals surface area contributed by atoms with E-state index in [4.69, 9.17) is 17.8 Å². The molecule has 0 aromatic carbocycles. The maximum atomic E-state index is 10.9. The van der Waals surface area contributed by atoms with Crippen LogP contribution < -0.4 is 0 Å². The summed E-state index contributed by atoms with van der Waals surface area (Å²) < 4.78 is 51.0. The fourth-order valence-corrected chi connectivity index (χ4v) is 11.1. The molecule has 0 aromatic heterocycles. The number of hydrogen-bond donors (Lipinski definition) is 1. The van der Waals surface area contributed by atoms with Gasteiger partial charge in [0.2, 0.25) is 0 Å². The molecular formula is C14H31N2O6SSi+. The summed E-state index contributed by atoms with van der Waals surface area (Å²) in [6, 6.07) is 0.847. The van der Waals surface area contributed by atoms with Gasteiger partial charge in [0.25, 0.3) is 0 Å². The summed E-state index contributed by atoms with van der Waals surface area (Å²) in [7, 11) is -2.98. The molecule has 0 unspecified atom stereocenters. The summed E-state index contributed by atoms with van der Waals surface area (Å²) in [5.41, 5.74) is 0. The molecule has 3 aliphatic heterocycles. The minimum absolute atomic E-state index is 0.176. The number of hydrogen-bond acceptors (Lipinski definition) is 5. The molecule has 8 nitrogen and oxygen atoms in total. The Morgan fingerprint density at radius 1 is 1.00 bits per heavy atom. The van der Waals surface area contributed by atoms with Gasteiger partial charge in [-0.1, -0.05) is 0 Å². The van der Waals surface area contributed by atoms with Crippen LogP contribution in [-0.2, 0) is 23.4 Å². The average Bonchev–Trinajstić information content (AvgIpc) is 2.95. The van der Waals surface area contributed by atoms with Crippen LogP contribution in [0.3, 0.4) is 0 Å². The number of rotatable bonds is 8. The third kappa shape index (κ3) is 3.07. The van der Waals surface area contributed by atoms with Crippen molar-refractivity contribution in [2.24, 2.45) is 0 Å². The van der Waals surface area contributed by atoms with E-state index in [1.807, 2.05) is 0 Å². The van der Waals surface area contributed by atoms with E-state index in [2.05, 4.69) is 14.1 Å². The van der Waals surface area contributed by atoms with Crippen LogP contribution in [0.1, 0.15) is 12.8 Å². The minimum atomic E-state index is -3.87. The SMILES string of the molecule is C[N+](C)(CCCS(=O)(=O)O)CCC[Si-]123OCC[N+]1(CCO2)CCO3. The molecule has 0 aromatic rings. The van der Waals surface area contributed by atoms with Crippen LogP contribution in [0.5, 0.6) is 0 Å². The second-order valence-corrected chi connectivity index (χ2v) is 14.2. The Hall–Kier alpha value is -0.0731. The van der Waals surface area contributed by atoms with Crippen LogP contribution in [0.2, 0.25) is 6.04 Å². The Bertz CT molecular complexity index is 564. The van der Waals surface area contributed by atoms with Crippen molar-refractivity contribution < 1.29 is 34.9 Å². The van der Waals surface area contributed by atoms with Gasteiger partial charge in [-0.2, -0.15) is 0 Å². The Morgan fingerprint density at radius 2 is 1.50 bits per heavy atom. The molecule has 3 rings (SSSR count). The molecule has 0 radical (unpaired) electrons. The van der Waals surface area contributed by atoms with Crippen LogP contribution in [0.25, 0.3) is 0 Å². The van der Waals surface area contributed by atoms with Gasteiger partial charge in [0.15, 0.2) is 0 Å². The van der Waals surface area contributed by atoms with Crippen molar-refractivity contribution >= 4 is 18.4 Å². The third-order valence-electron chi connectivity index (χ3n) is 6.16. The van der Waals surface area contributed by atoms with Gasteiger partial charge in [-0.15, -0.1) is 0 Å². The summed E-state index contributed by atoms with van der Waals surface area (Å²) in [6.45, 7) is 6.87. The molecule has 24 heavy (non-hydrogen) atoms. The van der Waals surface area contributed by atoms with E-state index in [-0.39, 0.29) is 5.75 Å². The van der Waals surface area contributed by atoms with Crippen molar-refractivity contribution in [2.75, 3.05) is 72.4 Å². The first-order chi connectivity index (χ1) is 11.1. The van der Waals surface area contributed by atoms with Gasteiger partial charge in [0.05, 0.1) is 0 Å². The van der Waals surface area contributed by atoms with Crippen molar-refractivity contribution in [3.05, 3.63) is 0 Å². The second-order valence-electron chi connectivity index (χ2n) is 8.10. The summed E-state index contributed by atoms with van der Waals surface area (Å²) >= 11 is 0. The summed E-state index contributed by atoms with van der Waals surface area (Å²) in [4.78, 5) is 0. The van der Waals surface area contributed by atoms with E-state index in [9.17, 15) is 8.42 Å². The van der Waals surface area contributed by atoms with Crippen molar-refractivity contribution in [2.45, 2.75) is 18.9 Å². The molecule has 0 spiro atoms. The number of nitrogens with zero attached hydrogens (tertiary/aromatic N) is 2. The first-order valence-corrected chi connectivity index (χ1v) is 12.8. The van der Waals surface area contributed by atoms with E-state index in [1.165, 1.54) is 0 Å². The van der Waals surface area contributed by atoms with Crippen molar-refractivity contribution in [1.29, 1.82) is 0 Å². The molecule has 0 aliphatic carbocycles. The first-order valence-electron chi connectivity index (χ1n) is 8.84. The zero-order valence-electron chi connectivity index (χ0n) is 14.8. The molecule has 0 amide bonds. The fourth-order valence-electron chi connectivity index (χ4n) is 4.83. The van der Waals surface area contributed by atoms with Crippen molar-refractivity contribution in [3.8, 4) is 0 Å². The van der Waals surface area contributed by atoms with Crippen LogP contribution in [0.4, 0.5) is 0 Å². The van der Waals surface area contributed by atoms with Gasteiger partial charge >= 0.3 is 145 Å². The average molecular weight is 384 g/mol. The quantitative estimate of drug-likeness (QED) is 0.362. The first kappa shape index (κ1) is 18.7. The van der Waals surface area contributed by atoms with Gasteiger partial charge in [-0.25, -0.2) is 0 Å². The fraction of sp³-hybridized carbons (Fsp3) is 1.00. The van der Waals surface area contributed by atoms with E-state index in [1.54, 1.807) is 0 Å². The molecule has 0 saturated carbocycles. The van der Waals surface area contributed by atoms with Gasteiger partial charge in [0.1, 0.15) is 0 Å². The Kier molecular flexibility index (Phi) is 4.66. The zero-order valence-corrected chi connectivity index (χ0v) is 16.6. The van der Waals surface area contributed by atoms with Gasteiger partial charge in [0, 0.05) is 0 Å². The van der Waals surface area contributed by atoms with E-state index >= 15 is 0 Å². The van der Waals surface area contributed by atoms with Crippen LogP contribution in [-0.4, -0.2) is 102 Å². The summed E-state index contributed by atoms with van der Waals surface area (Å²) in [6.07, 6.45) is 1.40. The van der Waals surface area contributed by atoms with Crippen LogP contribution >= 0.6 is 0 Å². The second kappa shape index (κ2) is 5.98. The molecule has 3 fully saturated rings. The monoisotopic (exact) mass is 383 g/mol. The molecule has 0 bridgehead atoms. The van der Waals surface area contributed by atoms with E-state index in [0.717, 1.165) is 62.6 Å². The predicted molar refractivity (Wildman–Crippen MR) is 90.8 cm³/mol. The standard InChI is InChI=1S/C14H30N2O6SSi/c1-15(2,5-3-13-23(17,18)19)6-4-14-24-16(7-10-20-24,8-11-21-24)9-12-22-24/h3-14H2,1-2H3/p+1. The Labute approximate surface area is 145 Å². The van der Waals surface area contributed by atoms with Crippen molar-refractivity contribution in [1.82, 2.24) is 0 Å². The molecule has 0 atom stereocenters. The van der Waals surface area contributed by atoms with E-state index in [0.29, 0.717) is 17.4 Å². The van der Waals surface area contributed by atoms with Crippen molar-refractivity contribution in [3.63, 3.8) is 0 Å². The molecule has 10 heteroatoms. The van der Waals surface area contributed by atoms with E-state index < -0.39 is 18.4 Å². The normalized spacial score (nSPS) is 32.9.